The van der Waals surface area contributed by atoms with Crippen LogP contribution < -0.4 is 10.9 Å². The Morgan fingerprint density at radius 2 is 1.97 bits per heavy atom. The Morgan fingerprint density at radius 3 is 2.66 bits per heavy atom. The molecule has 0 bridgehead atoms. The number of aliphatic hydroxyl groups excluding tert-OH is 1. The molecule has 3 N–H and O–H groups in total. The molecule has 200 valence electrons. The second-order valence-electron chi connectivity index (χ2n) is 9.97. The van der Waals surface area contributed by atoms with Gasteiger partial charge in [-0.05, 0) is 80.1 Å². The third-order valence-electron chi connectivity index (χ3n) is 7.55. The van der Waals surface area contributed by atoms with Crippen molar-refractivity contribution < 1.29 is 19.1 Å². The number of aromatic nitrogens is 2. The van der Waals surface area contributed by atoms with Crippen LogP contribution in [-0.2, 0) is 11.2 Å². The van der Waals surface area contributed by atoms with Gasteiger partial charge in [-0.1, -0.05) is 25.1 Å². The lowest BCUT2D eigenvalue weighted by Crippen LogP contribution is -2.53. The third-order valence-corrected chi connectivity index (χ3v) is 7.55. The minimum absolute atomic E-state index is 0.213. The number of aliphatic hydroxyl groups is 1. The van der Waals surface area contributed by atoms with Crippen LogP contribution in [0.1, 0.15) is 70.5 Å². The second-order valence-corrected chi connectivity index (χ2v) is 9.97. The van der Waals surface area contributed by atoms with Crippen molar-refractivity contribution in [2.45, 2.75) is 58.0 Å². The predicted octanol–water partition coefficient (Wildman–Crippen LogP) is 3.35. The van der Waals surface area contributed by atoms with E-state index < -0.39 is 11.4 Å². The molecular weight excluding hydrogens is 487 g/mol. The number of halogens is 1. The summed E-state index contributed by atoms with van der Waals surface area (Å²) in [6.07, 6.45) is 2.12. The first-order valence-corrected chi connectivity index (χ1v) is 12.8. The Morgan fingerprint density at radius 1 is 1.18 bits per heavy atom. The Hall–Kier alpha value is -3.85. The van der Waals surface area contributed by atoms with Gasteiger partial charge in [0.05, 0.1) is 30.4 Å². The largest absolute Gasteiger partial charge is 0.394 e. The molecule has 0 aliphatic carbocycles. The Labute approximate surface area is 220 Å². The molecule has 0 unspecified atom stereocenters. The molecule has 38 heavy (non-hydrogen) atoms. The van der Waals surface area contributed by atoms with Crippen molar-refractivity contribution in [3.63, 3.8) is 0 Å². The van der Waals surface area contributed by atoms with Gasteiger partial charge in [0.25, 0.3) is 11.5 Å². The number of nitrogens with zero attached hydrogens (tertiary/aromatic N) is 2. The van der Waals surface area contributed by atoms with Gasteiger partial charge in [0.2, 0.25) is 5.91 Å². The van der Waals surface area contributed by atoms with Crippen LogP contribution in [0, 0.1) is 19.7 Å². The van der Waals surface area contributed by atoms with Gasteiger partial charge in [-0.15, -0.1) is 0 Å². The Kier molecular flexibility index (Phi) is 8.06. The lowest BCUT2D eigenvalue weighted by Gasteiger charge is -2.40. The van der Waals surface area contributed by atoms with Gasteiger partial charge in [0, 0.05) is 17.5 Å². The van der Waals surface area contributed by atoms with E-state index in [-0.39, 0.29) is 36.5 Å². The quantitative estimate of drug-likeness (QED) is 0.421. The first-order valence-electron chi connectivity index (χ1n) is 12.8. The first-order chi connectivity index (χ1) is 18.2. The fourth-order valence-corrected chi connectivity index (χ4v) is 5.34. The van der Waals surface area contributed by atoms with E-state index in [1.54, 1.807) is 48.2 Å². The van der Waals surface area contributed by atoms with E-state index >= 15 is 0 Å². The zero-order valence-electron chi connectivity index (χ0n) is 21.9. The van der Waals surface area contributed by atoms with Crippen LogP contribution in [-0.4, -0.2) is 50.7 Å². The van der Waals surface area contributed by atoms with Crippen molar-refractivity contribution >= 4 is 11.8 Å². The average Bonchev–Trinajstić information content (AvgIpc) is 3.30. The average molecular weight is 521 g/mol. The molecule has 1 saturated heterocycles. The second kappa shape index (κ2) is 11.3. The summed E-state index contributed by atoms with van der Waals surface area (Å²) in [6.45, 7) is 5.11. The number of rotatable bonds is 8. The topological polar surface area (TPSA) is 115 Å². The molecular formula is C29H33FN4O4. The first kappa shape index (κ1) is 27.2. The number of H-pyrrole nitrogens is 1. The van der Waals surface area contributed by atoms with Crippen LogP contribution in [0.4, 0.5) is 4.39 Å². The number of hydrogen-bond donors (Lipinski definition) is 3. The molecule has 0 spiro atoms. The van der Waals surface area contributed by atoms with Crippen LogP contribution in [0.15, 0.2) is 53.3 Å². The summed E-state index contributed by atoms with van der Waals surface area (Å²) in [7, 11) is 0. The molecule has 1 aliphatic heterocycles. The minimum Gasteiger partial charge on any atom is -0.394 e. The van der Waals surface area contributed by atoms with Crippen LogP contribution in [0.5, 0.6) is 0 Å². The summed E-state index contributed by atoms with van der Waals surface area (Å²) in [4.78, 5) is 40.1. The molecule has 2 heterocycles. The van der Waals surface area contributed by atoms with Crippen LogP contribution in [0.25, 0.3) is 0 Å². The minimum atomic E-state index is -0.764. The van der Waals surface area contributed by atoms with Gasteiger partial charge in [0.15, 0.2) is 0 Å². The smallest absolute Gasteiger partial charge is 0.267 e. The third kappa shape index (κ3) is 5.52. The van der Waals surface area contributed by atoms with Gasteiger partial charge in [-0.3, -0.25) is 14.4 Å². The van der Waals surface area contributed by atoms with Crippen LogP contribution >= 0.6 is 0 Å². The molecule has 0 radical (unpaired) electrons. The fourth-order valence-electron chi connectivity index (χ4n) is 5.34. The normalized spacial score (nSPS) is 19.0. The standard InChI is InChI=1S/C29H33FN4O4/c1-4-29(17-35)11-10-25(21-6-5-7-24(30)15-21)34(29)26(36)16-31-27(37)22-9-8-20(18(2)12-22)14-23-13-19(3)32-33-28(23)38/h5-9,12-13,15,25,35H,4,10-11,14,16-17H2,1-3H3,(H,31,37)(H,33,38)/t25-,29-/m0/s1. The highest BCUT2D eigenvalue weighted by Crippen LogP contribution is 2.44. The van der Waals surface area contributed by atoms with E-state index in [9.17, 15) is 23.9 Å². The lowest BCUT2D eigenvalue weighted by atomic mass is 9.94. The zero-order valence-corrected chi connectivity index (χ0v) is 21.9. The summed E-state index contributed by atoms with van der Waals surface area (Å²) in [5, 5.41) is 19.3. The Bertz CT molecular complexity index is 1400. The molecule has 1 aromatic heterocycles. The molecule has 8 nitrogen and oxygen atoms in total. The van der Waals surface area contributed by atoms with E-state index in [1.807, 2.05) is 13.8 Å². The lowest BCUT2D eigenvalue weighted by molar-refractivity contribution is -0.139. The summed E-state index contributed by atoms with van der Waals surface area (Å²) >= 11 is 0. The van der Waals surface area contributed by atoms with E-state index in [4.69, 9.17) is 0 Å². The SMILES string of the molecule is CC[C@@]1(CO)CC[C@@H](c2cccc(F)c2)N1C(=O)CNC(=O)c1ccc(Cc2cc(C)n[nH]c2=O)c(C)c1. The number of likely N-dealkylation sites (tertiary alicyclic amines) is 1. The summed E-state index contributed by atoms with van der Waals surface area (Å²) in [5.74, 6) is -1.12. The number of nitrogens with one attached hydrogen (secondary N) is 2. The number of benzene rings is 2. The van der Waals surface area contributed by atoms with E-state index in [1.165, 1.54) is 12.1 Å². The summed E-state index contributed by atoms with van der Waals surface area (Å²) in [6, 6.07) is 12.7. The molecule has 3 aromatic rings. The molecule has 1 aliphatic rings. The van der Waals surface area contributed by atoms with Crippen molar-refractivity contribution in [2.75, 3.05) is 13.2 Å². The van der Waals surface area contributed by atoms with Crippen molar-refractivity contribution in [3.8, 4) is 0 Å². The maximum absolute atomic E-state index is 13.9. The summed E-state index contributed by atoms with van der Waals surface area (Å²) in [5.41, 5.74) is 3.09. The van der Waals surface area contributed by atoms with E-state index in [0.717, 1.165) is 11.1 Å². The van der Waals surface area contributed by atoms with Crippen molar-refractivity contribution in [1.29, 1.82) is 0 Å². The van der Waals surface area contributed by atoms with Crippen LogP contribution in [0.2, 0.25) is 0 Å². The molecule has 2 atom stereocenters. The predicted molar refractivity (Wildman–Crippen MR) is 141 cm³/mol. The number of hydrogen-bond acceptors (Lipinski definition) is 5. The van der Waals surface area contributed by atoms with Gasteiger partial charge in [-0.2, -0.15) is 5.10 Å². The fraction of sp³-hybridized carbons (Fsp3) is 0.379. The van der Waals surface area contributed by atoms with E-state index in [0.29, 0.717) is 48.1 Å². The number of carbonyl (C=O) groups is 2. The highest BCUT2D eigenvalue weighted by molar-refractivity contribution is 5.96. The number of aromatic amines is 1. The van der Waals surface area contributed by atoms with Crippen LogP contribution in [0.3, 0.4) is 0 Å². The number of carbonyl (C=O) groups excluding carboxylic acids is 2. The monoisotopic (exact) mass is 520 g/mol. The molecule has 2 amide bonds. The van der Waals surface area contributed by atoms with Gasteiger partial charge < -0.3 is 15.3 Å². The molecule has 0 saturated carbocycles. The Balaban J connectivity index is 1.48. The number of aryl methyl sites for hydroxylation is 2. The molecule has 1 fully saturated rings. The van der Waals surface area contributed by atoms with Gasteiger partial charge in [0.1, 0.15) is 5.82 Å². The van der Waals surface area contributed by atoms with E-state index in [2.05, 4.69) is 15.5 Å². The number of amides is 2. The summed E-state index contributed by atoms with van der Waals surface area (Å²) < 4.78 is 13.9. The van der Waals surface area contributed by atoms with Crippen molar-refractivity contribution in [3.05, 3.63) is 98.2 Å². The maximum Gasteiger partial charge on any atom is 0.267 e. The highest BCUT2D eigenvalue weighted by atomic mass is 19.1. The van der Waals surface area contributed by atoms with Gasteiger partial charge in [-0.25, -0.2) is 9.49 Å². The molecule has 4 rings (SSSR count). The van der Waals surface area contributed by atoms with Crippen molar-refractivity contribution in [2.24, 2.45) is 0 Å². The highest BCUT2D eigenvalue weighted by Gasteiger charge is 2.47. The molecule has 9 heteroatoms. The van der Waals surface area contributed by atoms with Crippen molar-refractivity contribution in [1.82, 2.24) is 20.4 Å². The molecule has 2 aromatic carbocycles. The maximum atomic E-state index is 13.9. The van der Waals surface area contributed by atoms with Gasteiger partial charge >= 0.3 is 0 Å². The zero-order chi connectivity index (χ0) is 27.4.